The van der Waals surface area contributed by atoms with Crippen LogP contribution in [0.5, 0.6) is 5.75 Å². The van der Waals surface area contributed by atoms with Gasteiger partial charge in [0.15, 0.2) is 0 Å². The van der Waals surface area contributed by atoms with Gasteiger partial charge in [0.25, 0.3) is 5.91 Å². The van der Waals surface area contributed by atoms with Gasteiger partial charge in [0, 0.05) is 30.0 Å². The zero-order chi connectivity index (χ0) is 19.5. The molecule has 0 unspecified atom stereocenters. The molecule has 0 aliphatic heterocycles. The average Bonchev–Trinajstić information content (AvgIpc) is 3.16. The standard InChI is InChI=1S/C21H25N5O2/c1-3-14-4-6-17(7-5-14)26-12-15-8-19(20(28-2)9-18(15)25-26)24-21(27)16-10-22-13-23-11-16/h8-14,17H,3-7H2,1-2H3,(H,24,27)/t14-,17-. The lowest BCUT2D eigenvalue weighted by atomic mass is 9.85. The first-order valence-corrected chi connectivity index (χ1v) is 9.81. The molecule has 28 heavy (non-hydrogen) atoms. The van der Waals surface area contributed by atoms with Crippen molar-refractivity contribution in [3.8, 4) is 5.75 Å². The monoisotopic (exact) mass is 379 g/mol. The second-order valence-electron chi connectivity index (χ2n) is 7.38. The first-order chi connectivity index (χ1) is 13.7. The molecule has 1 aliphatic rings. The molecule has 4 rings (SSSR count). The van der Waals surface area contributed by atoms with Crippen molar-refractivity contribution < 1.29 is 9.53 Å². The third-order valence-electron chi connectivity index (χ3n) is 5.68. The molecule has 7 heteroatoms. The molecule has 1 aliphatic carbocycles. The van der Waals surface area contributed by atoms with E-state index in [0.29, 0.717) is 23.0 Å². The number of hydrogen-bond acceptors (Lipinski definition) is 5. The fourth-order valence-electron chi connectivity index (χ4n) is 3.95. The molecule has 1 N–H and O–H groups in total. The number of fused-ring (bicyclic) bond motifs is 1. The van der Waals surface area contributed by atoms with Gasteiger partial charge < -0.3 is 10.1 Å². The van der Waals surface area contributed by atoms with E-state index in [-0.39, 0.29) is 5.91 Å². The van der Waals surface area contributed by atoms with E-state index in [0.717, 1.165) is 16.8 Å². The lowest BCUT2D eigenvalue weighted by molar-refractivity contribution is 0.102. The molecule has 0 atom stereocenters. The Morgan fingerprint density at radius 2 is 1.96 bits per heavy atom. The molecule has 0 spiro atoms. The van der Waals surface area contributed by atoms with E-state index in [1.807, 2.05) is 12.1 Å². The Bertz CT molecular complexity index is 962. The van der Waals surface area contributed by atoms with Crippen LogP contribution < -0.4 is 10.1 Å². The Labute approximate surface area is 164 Å². The van der Waals surface area contributed by atoms with Crippen LogP contribution in [-0.4, -0.2) is 32.8 Å². The van der Waals surface area contributed by atoms with Gasteiger partial charge in [-0.25, -0.2) is 9.97 Å². The molecular weight excluding hydrogens is 354 g/mol. The summed E-state index contributed by atoms with van der Waals surface area (Å²) in [5.41, 5.74) is 1.88. The van der Waals surface area contributed by atoms with Crippen molar-refractivity contribution in [3.63, 3.8) is 0 Å². The molecule has 0 bridgehead atoms. The maximum atomic E-state index is 12.5. The zero-order valence-electron chi connectivity index (χ0n) is 16.3. The van der Waals surface area contributed by atoms with Crippen molar-refractivity contribution in [2.75, 3.05) is 12.4 Å². The number of amides is 1. The summed E-state index contributed by atoms with van der Waals surface area (Å²) in [6, 6.07) is 4.23. The SMILES string of the molecule is CC[C@H]1CC[C@H](n2cc3cc(NC(=O)c4cncnc4)c(OC)cc3n2)CC1. The average molecular weight is 379 g/mol. The Hall–Kier alpha value is -2.96. The largest absolute Gasteiger partial charge is 0.494 e. The fourth-order valence-corrected chi connectivity index (χ4v) is 3.95. The molecule has 2 heterocycles. The minimum atomic E-state index is -0.275. The van der Waals surface area contributed by atoms with E-state index in [4.69, 9.17) is 9.84 Å². The topological polar surface area (TPSA) is 81.9 Å². The molecule has 7 nitrogen and oxygen atoms in total. The summed E-state index contributed by atoms with van der Waals surface area (Å²) in [4.78, 5) is 20.2. The van der Waals surface area contributed by atoms with Gasteiger partial charge >= 0.3 is 0 Å². The van der Waals surface area contributed by atoms with E-state index in [2.05, 4.69) is 33.1 Å². The lowest BCUT2D eigenvalue weighted by Crippen LogP contribution is -2.18. The van der Waals surface area contributed by atoms with Gasteiger partial charge in [0.2, 0.25) is 0 Å². The summed E-state index contributed by atoms with van der Waals surface area (Å²) in [5.74, 6) is 1.16. The minimum absolute atomic E-state index is 0.275. The van der Waals surface area contributed by atoms with Crippen molar-refractivity contribution in [2.24, 2.45) is 5.92 Å². The van der Waals surface area contributed by atoms with Gasteiger partial charge in [-0.15, -0.1) is 0 Å². The summed E-state index contributed by atoms with van der Waals surface area (Å²) < 4.78 is 7.57. The first kappa shape index (κ1) is 18.4. The second kappa shape index (κ2) is 7.96. The van der Waals surface area contributed by atoms with Crippen molar-refractivity contribution in [1.82, 2.24) is 19.7 Å². The molecule has 146 valence electrons. The number of rotatable bonds is 5. The maximum Gasteiger partial charge on any atom is 0.258 e. The molecule has 1 aromatic carbocycles. The molecule has 0 saturated heterocycles. The Balaban J connectivity index is 1.59. The van der Waals surface area contributed by atoms with Gasteiger partial charge in [-0.3, -0.25) is 9.48 Å². The Kier molecular flexibility index (Phi) is 5.23. The van der Waals surface area contributed by atoms with E-state index in [9.17, 15) is 4.79 Å². The van der Waals surface area contributed by atoms with Gasteiger partial charge in [-0.2, -0.15) is 5.10 Å². The number of carbonyl (C=O) groups is 1. The van der Waals surface area contributed by atoms with E-state index in [1.54, 1.807) is 7.11 Å². The van der Waals surface area contributed by atoms with Crippen molar-refractivity contribution in [2.45, 2.75) is 45.1 Å². The second-order valence-corrected chi connectivity index (χ2v) is 7.38. The molecular formula is C21H25N5O2. The number of benzene rings is 1. The van der Waals surface area contributed by atoms with Crippen LogP contribution in [0.3, 0.4) is 0 Å². The third-order valence-corrected chi connectivity index (χ3v) is 5.68. The van der Waals surface area contributed by atoms with E-state index < -0.39 is 0 Å². The zero-order valence-corrected chi connectivity index (χ0v) is 16.3. The molecule has 3 aromatic rings. The Morgan fingerprint density at radius 1 is 1.21 bits per heavy atom. The van der Waals surface area contributed by atoms with Crippen molar-refractivity contribution in [1.29, 1.82) is 0 Å². The first-order valence-electron chi connectivity index (χ1n) is 9.81. The number of hydrogen-bond donors (Lipinski definition) is 1. The number of carbonyl (C=O) groups excluding carboxylic acids is 1. The number of aromatic nitrogens is 4. The third kappa shape index (κ3) is 3.69. The predicted octanol–water partition coefficient (Wildman–Crippen LogP) is 4.23. The molecule has 1 amide bonds. The summed E-state index contributed by atoms with van der Waals surface area (Å²) in [6.45, 7) is 2.27. The number of anilines is 1. The fraction of sp³-hybridized carbons (Fsp3) is 0.429. The highest BCUT2D eigenvalue weighted by Gasteiger charge is 2.22. The van der Waals surface area contributed by atoms with Gasteiger partial charge in [-0.1, -0.05) is 13.3 Å². The number of nitrogens with zero attached hydrogens (tertiary/aromatic N) is 4. The number of nitrogens with one attached hydrogen (secondary N) is 1. The Morgan fingerprint density at radius 3 is 2.64 bits per heavy atom. The van der Waals surface area contributed by atoms with Crippen molar-refractivity contribution in [3.05, 3.63) is 42.6 Å². The molecule has 1 saturated carbocycles. The summed E-state index contributed by atoms with van der Waals surface area (Å²) >= 11 is 0. The summed E-state index contributed by atoms with van der Waals surface area (Å²) in [7, 11) is 1.59. The van der Waals surface area contributed by atoms with Crippen LogP contribution in [0, 0.1) is 5.92 Å². The van der Waals surface area contributed by atoms with Gasteiger partial charge in [-0.05, 0) is 37.7 Å². The highest BCUT2D eigenvalue weighted by Crippen LogP contribution is 2.35. The predicted molar refractivity (Wildman–Crippen MR) is 108 cm³/mol. The van der Waals surface area contributed by atoms with Crippen LogP contribution in [0.25, 0.3) is 10.9 Å². The smallest absolute Gasteiger partial charge is 0.258 e. The van der Waals surface area contributed by atoms with Crippen LogP contribution >= 0.6 is 0 Å². The normalized spacial score (nSPS) is 19.5. The van der Waals surface area contributed by atoms with Crippen LogP contribution in [-0.2, 0) is 0 Å². The molecule has 2 aromatic heterocycles. The van der Waals surface area contributed by atoms with Crippen LogP contribution in [0.1, 0.15) is 55.4 Å². The van der Waals surface area contributed by atoms with Gasteiger partial charge in [0.1, 0.15) is 12.1 Å². The summed E-state index contributed by atoms with van der Waals surface area (Å²) in [6.07, 6.45) is 12.6. The van der Waals surface area contributed by atoms with E-state index >= 15 is 0 Å². The van der Waals surface area contributed by atoms with Crippen LogP contribution in [0.4, 0.5) is 5.69 Å². The highest BCUT2D eigenvalue weighted by molar-refractivity contribution is 6.05. The maximum absolute atomic E-state index is 12.5. The van der Waals surface area contributed by atoms with Crippen LogP contribution in [0.2, 0.25) is 0 Å². The summed E-state index contributed by atoms with van der Waals surface area (Å²) in [5, 5.41) is 8.65. The number of ether oxygens (including phenoxy) is 1. The quantitative estimate of drug-likeness (QED) is 0.717. The molecule has 1 fully saturated rings. The van der Waals surface area contributed by atoms with Crippen LogP contribution in [0.15, 0.2) is 37.1 Å². The van der Waals surface area contributed by atoms with Crippen molar-refractivity contribution >= 4 is 22.5 Å². The molecule has 0 radical (unpaired) electrons. The van der Waals surface area contributed by atoms with E-state index in [1.165, 1.54) is 50.8 Å². The minimum Gasteiger partial charge on any atom is -0.494 e. The lowest BCUT2D eigenvalue weighted by Gasteiger charge is -2.27. The number of methoxy groups -OCH3 is 1. The highest BCUT2D eigenvalue weighted by atomic mass is 16.5. The van der Waals surface area contributed by atoms with Gasteiger partial charge in [0.05, 0.1) is 29.9 Å².